The first-order valence-electron chi connectivity index (χ1n) is 42.6. The number of aliphatic hydroxyl groups excluding tert-OH is 1. The molecule has 6 bridgehead atoms. The number of sulfonamides is 1. The Morgan fingerprint density at radius 3 is 1.97 bits per heavy atom. The predicted octanol–water partition coefficient (Wildman–Crippen LogP) is 4.41. The lowest BCUT2D eigenvalue weighted by molar-refractivity contribution is -0.131. The second kappa shape index (κ2) is 50.8. The van der Waals surface area contributed by atoms with Crippen molar-refractivity contribution in [2.24, 2.45) is 11.8 Å². The van der Waals surface area contributed by atoms with Crippen LogP contribution in [0.3, 0.4) is 0 Å². The molecule has 2 unspecified atom stereocenters. The van der Waals surface area contributed by atoms with Crippen molar-refractivity contribution in [1.82, 2.24) is 46.4 Å². The van der Waals surface area contributed by atoms with Crippen molar-refractivity contribution >= 4 is 121 Å². The number of carbonyl (C=O) groups is 14. The van der Waals surface area contributed by atoms with E-state index in [1.807, 2.05) is 13.0 Å². The number of hydrogen-bond acceptors (Lipinski definition) is 26. The molecule has 9 rings (SSSR count). The monoisotopic (exact) mass is 1800 g/mol. The Morgan fingerprint density at radius 1 is 0.619 bits per heavy atom. The summed E-state index contributed by atoms with van der Waals surface area (Å²) in [4.78, 5) is 198. The average molecular weight is 1800 g/mol. The summed E-state index contributed by atoms with van der Waals surface area (Å²) < 4.78 is 75.2. The van der Waals surface area contributed by atoms with Gasteiger partial charge in [0.1, 0.15) is 29.9 Å². The molecule has 0 spiro atoms. The highest BCUT2D eigenvalue weighted by atomic mass is 32.2. The number of unbranched alkanes of at least 4 members (excludes halogenated alkanes) is 3. The van der Waals surface area contributed by atoms with E-state index >= 15 is 0 Å². The number of amides is 11. The van der Waals surface area contributed by atoms with Gasteiger partial charge in [-0.15, -0.1) is 0 Å². The molecule has 6 aliphatic rings. The lowest BCUT2D eigenvalue weighted by atomic mass is 9.96. The summed E-state index contributed by atoms with van der Waals surface area (Å²) in [6.07, 6.45) is 5.50. The normalized spacial score (nSPS) is 22.5. The van der Waals surface area contributed by atoms with Crippen LogP contribution in [0.15, 0.2) is 71.8 Å². The van der Waals surface area contributed by atoms with Crippen LogP contribution in [0.5, 0.6) is 17.2 Å². The number of carbonyl (C=O) groups excluding carboxylic acids is 14. The zero-order chi connectivity index (χ0) is 91.6. The second-order valence-corrected chi connectivity index (χ2v) is 34.7. The summed E-state index contributed by atoms with van der Waals surface area (Å²) in [5.74, 6) is -9.88. The number of benzene rings is 3. The average Bonchev–Trinajstić information content (AvgIpc) is 1.60. The number of rotatable bonds is 25. The number of nitrogens with zero attached hydrogens (tertiary/aromatic N) is 4. The Kier molecular flexibility index (Phi) is 40.7. The summed E-state index contributed by atoms with van der Waals surface area (Å²) in [6, 6.07) is 8.22. The summed E-state index contributed by atoms with van der Waals surface area (Å²) in [6.45, 7) is 8.82. The van der Waals surface area contributed by atoms with Gasteiger partial charge in [0.05, 0.1) is 125 Å². The van der Waals surface area contributed by atoms with Crippen molar-refractivity contribution in [2.75, 3.05) is 154 Å². The third-order valence-corrected chi connectivity index (χ3v) is 23.9. The van der Waals surface area contributed by atoms with E-state index in [2.05, 4.69) is 41.9 Å². The van der Waals surface area contributed by atoms with Crippen LogP contribution < -0.4 is 66.0 Å². The zero-order valence-corrected chi connectivity index (χ0v) is 74.9. The molecule has 8 atom stereocenters. The van der Waals surface area contributed by atoms with Crippen LogP contribution in [0.25, 0.3) is 0 Å². The van der Waals surface area contributed by atoms with Crippen LogP contribution >= 0.6 is 11.8 Å². The SMILES string of the molecule is COCCOCCC(=O)CCCCC[C@@H]1NC(=O)[C@H](C)CC(=O)CNC(=O)C(SC)CC(=O)NCCNC(=O)[C@@H](C)CC(=O)[C@@H](CCCCNC(=O)CCOCCOC)NC(=O)CNS(=O)(=O)CC(=O)N2C[C@@H]3C=C(C)CN3C(=O)c3cc(C)c(cc32)OCCCCCOc2cc3c(cc2OC)C(=O)N2CC(C)=C[C@H]2C(O)N3C(=O)OCc2ccc(cc2)NC1=O. The van der Waals surface area contributed by atoms with Crippen molar-refractivity contribution < 1.29 is 119 Å². The second-order valence-electron chi connectivity index (χ2n) is 31.8. The molecule has 0 fully saturated rings. The van der Waals surface area contributed by atoms with Gasteiger partial charge in [-0.2, -0.15) is 11.8 Å². The molecule has 0 radical (unpaired) electrons. The van der Waals surface area contributed by atoms with E-state index in [1.54, 1.807) is 68.5 Å². The molecule has 9 N–H and O–H groups in total. The van der Waals surface area contributed by atoms with E-state index in [1.165, 1.54) is 56.1 Å². The fraction of sp³-hybridized carbons (Fsp3) is 0.586. The van der Waals surface area contributed by atoms with Gasteiger partial charge in [0.15, 0.2) is 29.3 Å². The van der Waals surface area contributed by atoms with Crippen molar-refractivity contribution in [3.05, 3.63) is 94.1 Å². The van der Waals surface area contributed by atoms with Gasteiger partial charge in [-0.1, -0.05) is 62.1 Å². The topological polar surface area (TPSA) is 476 Å². The molecular formula is C87H122N12O25S2. The van der Waals surface area contributed by atoms with Gasteiger partial charge in [-0.25, -0.2) is 22.8 Å². The maximum atomic E-state index is 14.6. The summed E-state index contributed by atoms with van der Waals surface area (Å²) in [5, 5.41) is 30.0. The number of methoxy groups -OCH3 is 3. The fourth-order valence-corrected chi connectivity index (χ4v) is 16.3. The largest absolute Gasteiger partial charge is 0.493 e. The van der Waals surface area contributed by atoms with Gasteiger partial charge in [0, 0.05) is 115 Å². The van der Waals surface area contributed by atoms with E-state index in [0.717, 1.165) is 27.8 Å². The minimum Gasteiger partial charge on any atom is -0.493 e. The number of fused-ring (bicyclic) bond motifs is 41. The van der Waals surface area contributed by atoms with Crippen LogP contribution in [0, 0.1) is 18.8 Å². The molecule has 0 saturated heterocycles. The minimum atomic E-state index is -4.65. The number of aliphatic hydroxyl groups is 1. The smallest absolute Gasteiger partial charge is 0.416 e. The first-order valence-corrected chi connectivity index (χ1v) is 45.6. The Balaban J connectivity index is 0.998. The summed E-state index contributed by atoms with van der Waals surface area (Å²) in [7, 11) is -0.195. The molecule has 11 amide bonds. The van der Waals surface area contributed by atoms with Crippen LogP contribution in [0.4, 0.5) is 21.9 Å². The van der Waals surface area contributed by atoms with Gasteiger partial charge in [-0.05, 0) is 114 Å². The first-order chi connectivity index (χ1) is 60.3. The third kappa shape index (κ3) is 31.0. The van der Waals surface area contributed by atoms with Gasteiger partial charge >= 0.3 is 6.09 Å². The van der Waals surface area contributed by atoms with Crippen molar-refractivity contribution in [1.29, 1.82) is 0 Å². The van der Waals surface area contributed by atoms with Crippen molar-refractivity contribution in [3.63, 3.8) is 0 Å². The van der Waals surface area contributed by atoms with E-state index < -0.39 is 154 Å². The lowest BCUT2D eigenvalue weighted by Gasteiger charge is -2.31. The molecule has 39 heteroatoms. The number of aryl methyl sites for hydroxylation is 1. The number of nitrogens with one attached hydrogen (secondary N) is 8. The molecule has 6 heterocycles. The number of ether oxygens (including phenoxy) is 8. The Morgan fingerprint density at radius 2 is 1.26 bits per heavy atom. The van der Waals surface area contributed by atoms with Crippen LogP contribution in [0.2, 0.25) is 0 Å². The van der Waals surface area contributed by atoms with E-state index in [4.69, 9.17) is 37.9 Å². The third-order valence-electron chi connectivity index (χ3n) is 21.7. The first kappa shape index (κ1) is 101. The molecule has 6 aliphatic heterocycles. The van der Waals surface area contributed by atoms with Gasteiger partial charge < -0.3 is 94.9 Å². The molecule has 37 nitrogen and oxygen atoms in total. The summed E-state index contributed by atoms with van der Waals surface area (Å²) in [5.41, 5.74) is 3.09. The number of thioether (sulfide) groups is 1. The molecule has 692 valence electrons. The van der Waals surface area contributed by atoms with E-state index in [0.29, 0.717) is 93.9 Å². The number of hydrogen-bond donors (Lipinski definition) is 9. The zero-order valence-electron chi connectivity index (χ0n) is 73.3. The van der Waals surface area contributed by atoms with Crippen LogP contribution in [-0.4, -0.2) is 280 Å². The Labute approximate surface area is 739 Å². The molecule has 3 aromatic rings. The number of Topliss-reactive ketones (excluding diaryl/α,β-unsaturated/α-hetero) is 3. The van der Waals surface area contributed by atoms with Crippen LogP contribution in [-0.2, 0) is 93.1 Å². The van der Waals surface area contributed by atoms with E-state index in [-0.39, 0.29) is 169 Å². The van der Waals surface area contributed by atoms with Crippen molar-refractivity contribution in [2.45, 2.75) is 180 Å². The fourth-order valence-electron chi connectivity index (χ4n) is 14.8. The molecule has 0 saturated carbocycles. The molecule has 126 heavy (non-hydrogen) atoms. The highest BCUT2D eigenvalue weighted by Crippen LogP contribution is 2.42. The van der Waals surface area contributed by atoms with Gasteiger partial charge in [0.2, 0.25) is 57.3 Å². The van der Waals surface area contributed by atoms with Gasteiger partial charge in [-0.3, -0.25) is 62.3 Å². The predicted molar refractivity (Wildman–Crippen MR) is 466 cm³/mol. The molecule has 0 aliphatic carbocycles. The molecular weight excluding hydrogens is 1680 g/mol. The standard InChI is InChI=1S/C87H122N12O25S2/c1-54-38-61-51-97-68-44-72(56(3)41-64(68)84(111)96(61)49-54)122-30-16-11-17-31-123-74-45-69-65(43-73(74)119-8)85(112)98-50-55(2)39-70(98)86(113)99(69)87(114)124-52-59-21-23-60(24-22-59)93-82(109)67(20-13-10-12-18-62(100)25-32-120-36-34-117-6)95-81(108)57(4)40-63(101)47-91-83(110)75(125-9)46-77(104)89-28-29-90-80(107)58(5)42-71(102)66(94-78(105)48-92-126(115,116)53-79(97)106)19-14-15-27-88-76(103)26-33-121-37-35-118-7/h21-24,38-39,41,43-45,57-58,61,66-67,70,75,86,92,113H,10-20,25-37,40,42,46-53H2,1-9H3,(H,88,103)(H,89,104)(H,90,107)(H,91,110)(H,93,109)(H,94,105)(H,95,108)/t57-,58+,61+,66-,67+,70+,75?,86?/m1/s1. The van der Waals surface area contributed by atoms with Gasteiger partial charge in [0.25, 0.3) is 11.8 Å². The number of anilines is 3. The Bertz CT molecular complexity index is 4530. The lowest BCUT2D eigenvalue weighted by Crippen LogP contribution is -2.50. The Hall–Kier alpha value is -10.4. The molecule has 0 aromatic heterocycles. The maximum Gasteiger partial charge on any atom is 0.416 e. The highest BCUT2D eigenvalue weighted by molar-refractivity contribution is 7.99. The highest BCUT2D eigenvalue weighted by Gasteiger charge is 2.46. The summed E-state index contributed by atoms with van der Waals surface area (Å²) >= 11 is 1.04. The molecule has 3 aromatic carbocycles. The maximum absolute atomic E-state index is 14.6. The quantitative estimate of drug-likeness (QED) is 0.0419. The minimum absolute atomic E-state index is 0.00104. The van der Waals surface area contributed by atoms with E-state index in [9.17, 15) is 80.6 Å². The van der Waals surface area contributed by atoms with Crippen LogP contribution in [0.1, 0.15) is 162 Å². The number of ketones is 3. The van der Waals surface area contributed by atoms with Crippen molar-refractivity contribution in [3.8, 4) is 17.2 Å².